The van der Waals surface area contributed by atoms with E-state index < -0.39 is 24.1 Å². The normalized spacial score (nSPS) is 16.6. The van der Waals surface area contributed by atoms with Crippen LogP contribution in [0.15, 0.2) is 30.3 Å². The van der Waals surface area contributed by atoms with Gasteiger partial charge in [-0.25, -0.2) is 22.9 Å². The number of pyridine rings is 1. The highest BCUT2D eigenvalue weighted by Gasteiger charge is 2.31. The Morgan fingerprint density at radius 3 is 2.55 bits per heavy atom. The summed E-state index contributed by atoms with van der Waals surface area (Å²) < 4.78 is 40.1. The number of nitrogens with zero attached hydrogens (tertiary/aromatic N) is 2. The van der Waals surface area contributed by atoms with Gasteiger partial charge in [0.05, 0.1) is 11.3 Å². The van der Waals surface area contributed by atoms with E-state index in [0.717, 1.165) is 0 Å². The predicted octanol–water partition coefficient (Wildman–Crippen LogP) is 5.17. The zero-order chi connectivity index (χ0) is 22.7. The minimum absolute atomic E-state index is 0.0646. The minimum Gasteiger partial charge on any atom is -0.477 e. The molecule has 0 radical (unpaired) electrons. The van der Waals surface area contributed by atoms with Crippen molar-refractivity contribution in [3.63, 3.8) is 0 Å². The second kappa shape index (κ2) is 9.36. The number of halogens is 3. The van der Waals surface area contributed by atoms with Crippen molar-refractivity contribution in [2.75, 3.05) is 23.3 Å². The van der Waals surface area contributed by atoms with E-state index in [1.165, 1.54) is 30.3 Å². The van der Waals surface area contributed by atoms with Crippen LogP contribution in [0.25, 0.3) is 0 Å². The van der Waals surface area contributed by atoms with Gasteiger partial charge in [-0.15, -0.1) is 0 Å². The number of piperidine rings is 1. The third-order valence-electron chi connectivity index (χ3n) is 5.33. The Bertz CT molecular complexity index is 964. The van der Waals surface area contributed by atoms with E-state index in [4.69, 9.17) is 5.41 Å². The molecule has 3 N–H and O–H groups in total. The summed E-state index contributed by atoms with van der Waals surface area (Å²) in [4.78, 5) is 17.6. The molecule has 0 amide bonds. The number of carbonyl (C=O) groups is 1. The molecule has 0 saturated carbocycles. The molecule has 1 aliphatic rings. The van der Waals surface area contributed by atoms with Crippen LogP contribution < -0.4 is 10.2 Å². The van der Waals surface area contributed by atoms with Gasteiger partial charge in [0, 0.05) is 30.4 Å². The first-order valence-electron chi connectivity index (χ1n) is 10.1. The van der Waals surface area contributed by atoms with E-state index in [0.29, 0.717) is 36.3 Å². The molecule has 1 aromatic carbocycles. The van der Waals surface area contributed by atoms with Crippen molar-refractivity contribution in [3.05, 3.63) is 47.4 Å². The molecule has 1 aliphatic heterocycles. The molecule has 1 atom stereocenters. The Morgan fingerprint density at radius 1 is 1.29 bits per heavy atom. The number of alkyl halides is 2. The van der Waals surface area contributed by atoms with Crippen molar-refractivity contribution in [2.45, 2.75) is 33.1 Å². The van der Waals surface area contributed by atoms with Gasteiger partial charge in [-0.3, -0.25) is 0 Å². The van der Waals surface area contributed by atoms with E-state index in [2.05, 4.69) is 10.3 Å². The zero-order valence-corrected chi connectivity index (χ0v) is 17.3. The topological polar surface area (TPSA) is 89.3 Å². The Kier molecular flexibility index (Phi) is 6.82. The van der Waals surface area contributed by atoms with Crippen molar-refractivity contribution in [1.82, 2.24) is 4.98 Å². The Hall–Kier alpha value is -3.10. The average molecular weight is 434 g/mol. The Balaban J connectivity index is 2.15. The van der Waals surface area contributed by atoms with Gasteiger partial charge in [-0.05, 0) is 49.1 Å². The molecule has 2 aromatic rings. The molecule has 6 nitrogen and oxygen atoms in total. The van der Waals surface area contributed by atoms with Crippen LogP contribution in [0, 0.1) is 23.1 Å². The molecule has 9 heteroatoms. The molecule has 0 aliphatic carbocycles. The number of nitrogens with one attached hydrogen (secondary N) is 2. The summed E-state index contributed by atoms with van der Waals surface area (Å²) in [6.45, 7) is 4.17. The number of benzene rings is 1. The van der Waals surface area contributed by atoms with E-state index in [-0.39, 0.29) is 29.7 Å². The van der Waals surface area contributed by atoms with Gasteiger partial charge in [0.1, 0.15) is 11.6 Å². The maximum Gasteiger partial charge on any atom is 0.354 e. The number of carboxylic acids is 1. The second-order valence-electron chi connectivity index (χ2n) is 7.94. The number of hydrogen-bond acceptors (Lipinski definition) is 5. The lowest BCUT2D eigenvalue weighted by Gasteiger charge is -2.36. The monoisotopic (exact) mass is 434 g/mol. The maximum atomic E-state index is 13.4. The van der Waals surface area contributed by atoms with Gasteiger partial charge in [-0.1, -0.05) is 13.8 Å². The van der Waals surface area contributed by atoms with Crippen LogP contribution in [0.2, 0.25) is 0 Å². The first kappa shape index (κ1) is 22.6. The quantitative estimate of drug-likeness (QED) is 0.524. The summed E-state index contributed by atoms with van der Waals surface area (Å²) in [6.07, 6.45) is -1.55. The number of anilines is 3. The van der Waals surface area contributed by atoms with Crippen molar-refractivity contribution in [1.29, 1.82) is 5.41 Å². The van der Waals surface area contributed by atoms with Crippen LogP contribution in [-0.4, -0.2) is 41.3 Å². The van der Waals surface area contributed by atoms with Gasteiger partial charge in [-0.2, -0.15) is 0 Å². The summed E-state index contributed by atoms with van der Waals surface area (Å²) >= 11 is 0. The van der Waals surface area contributed by atoms with Crippen LogP contribution >= 0.6 is 0 Å². The largest absolute Gasteiger partial charge is 0.477 e. The predicted molar refractivity (Wildman–Crippen MR) is 113 cm³/mol. The standard InChI is InChI=1S/C22H25F3N4O2/c1-12(2)19(26)18-17(29-9-3-4-13(11-29)20(24)25)10-16(22(30)31)28-21(18)27-15-7-5-14(23)6-8-15/h5-8,10,12-13,20,26H,3-4,9,11H2,1-2H3,(H,27,28)(H,30,31). The zero-order valence-electron chi connectivity index (χ0n) is 17.3. The van der Waals surface area contributed by atoms with Crippen LogP contribution in [0.1, 0.15) is 42.7 Å². The molecule has 0 spiro atoms. The van der Waals surface area contributed by atoms with Crippen molar-refractivity contribution >= 4 is 28.9 Å². The highest BCUT2D eigenvalue weighted by atomic mass is 19.3. The Labute approximate surface area is 178 Å². The minimum atomic E-state index is -2.48. The molecule has 166 valence electrons. The van der Waals surface area contributed by atoms with Gasteiger partial charge < -0.3 is 20.7 Å². The number of hydrogen-bond donors (Lipinski definition) is 3. The van der Waals surface area contributed by atoms with Crippen LogP contribution in [-0.2, 0) is 0 Å². The lowest BCUT2D eigenvalue weighted by Crippen LogP contribution is -2.39. The van der Waals surface area contributed by atoms with Gasteiger partial charge in [0.2, 0.25) is 6.43 Å². The summed E-state index contributed by atoms with van der Waals surface area (Å²) in [5, 5.41) is 21.2. The highest BCUT2D eigenvalue weighted by molar-refractivity contribution is 6.09. The molecular weight excluding hydrogens is 409 g/mol. The van der Waals surface area contributed by atoms with E-state index in [9.17, 15) is 23.1 Å². The van der Waals surface area contributed by atoms with Crippen LogP contribution in [0.4, 0.5) is 30.4 Å². The van der Waals surface area contributed by atoms with Gasteiger partial charge >= 0.3 is 5.97 Å². The lowest BCUT2D eigenvalue weighted by molar-refractivity contribution is 0.0678. The molecule has 31 heavy (non-hydrogen) atoms. The summed E-state index contributed by atoms with van der Waals surface area (Å²) in [6, 6.07) is 6.78. The fourth-order valence-corrected chi connectivity index (χ4v) is 3.64. The molecule has 2 heterocycles. The maximum absolute atomic E-state index is 13.4. The number of aromatic nitrogens is 1. The Morgan fingerprint density at radius 2 is 1.97 bits per heavy atom. The third-order valence-corrected chi connectivity index (χ3v) is 5.33. The van der Waals surface area contributed by atoms with Crippen molar-refractivity contribution < 1.29 is 23.1 Å². The number of aromatic carboxylic acids is 1. The van der Waals surface area contributed by atoms with Crippen molar-refractivity contribution in [2.24, 2.45) is 11.8 Å². The van der Waals surface area contributed by atoms with Crippen LogP contribution in [0.5, 0.6) is 0 Å². The number of carboxylic acid groups (broad SMARTS) is 1. The average Bonchev–Trinajstić information content (AvgIpc) is 2.74. The molecular formula is C22H25F3N4O2. The third kappa shape index (κ3) is 5.15. The van der Waals surface area contributed by atoms with Gasteiger partial charge in [0.15, 0.2) is 5.69 Å². The summed E-state index contributed by atoms with van der Waals surface area (Å²) in [5.41, 5.74) is 1.15. The van der Waals surface area contributed by atoms with Crippen LogP contribution in [0.3, 0.4) is 0 Å². The van der Waals surface area contributed by atoms with Crippen molar-refractivity contribution in [3.8, 4) is 0 Å². The molecule has 1 unspecified atom stereocenters. The molecule has 1 fully saturated rings. The molecule has 1 saturated heterocycles. The van der Waals surface area contributed by atoms with Gasteiger partial charge in [0.25, 0.3) is 0 Å². The molecule has 1 aromatic heterocycles. The van der Waals surface area contributed by atoms with E-state index in [1.54, 1.807) is 4.90 Å². The first-order valence-corrected chi connectivity index (χ1v) is 10.1. The van der Waals surface area contributed by atoms with E-state index >= 15 is 0 Å². The first-order chi connectivity index (χ1) is 14.7. The summed E-state index contributed by atoms with van der Waals surface area (Å²) in [7, 11) is 0. The highest BCUT2D eigenvalue weighted by Crippen LogP contribution is 2.35. The smallest absolute Gasteiger partial charge is 0.354 e. The molecule has 0 bridgehead atoms. The molecule has 3 rings (SSSR count). The lowest BCUT2D eigenvalue weighted by atomic mass is 9.94. The fourth-order valence-electron chi connectivity index (χ4n) is 3.64. The number of rotatable bonds is 7. The van der Waals surface area contributed by atoms with E-state index in [1.807, 2.05) is 13.8 Å². The fraction of sp³-hybridized carbons (Fsp3) is 0.409. The SMILES string of the molecule is CC(C)C(=N)c1c(N2CCCC(C(F)F)C2)cc(C(=O)O)nc1Nc1ccc(F)cc1. The second-order valence-corrected chi connectivity index (χ2v) is 7.94. The summed E-state index contributed by atoms with van der Waals surface area (Å²) in [5.74, 6) is -2.63.